The lowest BCUT2D eigenvalue weighted by atomic mass is 10.1. The number of benzene rings is 2. The molecule has 0 saturated carbocycles. The van der Waals surface area contributed by atoms with Crippen molar-refractivity contribution in [3.05, 3.63) is 87.0 Å². The summed E-state index contributed by atoms with van der Waals surface area (Å²) in [7, 11) is 2.19. The normalized spacial score (nSPS) is 16.2. The topological polar surface area (TPSA) is 272 Å². The van der Waals surface area contributed by atoms with Crippen LogP contribution >= 0.6 is 0 Å². The highest BCUT2D eigenvalue weighted by Crippen LogP contribution is 2.39. The smallest absolute Gasteiger partial charge is 0.331 e. The number of non-ortho nitro benzene ring substituents is 2. The Kier molecular flexibility index (Phi) is 10.9. The van der Waals surface area contributed by atoms with Crippen molar-refractivity contribution in [2.45, 2.75) is 32.2 Å². The fourth-order valence-electron chi connectivity index (χ4n) is 3.73. The lowest BCUT2D eigenvalue weighted by Crippen LogP contribution is -2.37. The summed E-state index contributed by atoms with van der Waals surface area (Å²) in [6, 6.07) is 4.43. The van der Waals surface area contributed by atoms with Crippen LogP contribution in [0.4, 0.5) is 28.4 Å². The minimum Gasteiger partial charge on any atom is -0.497 e. The maximum atomic E-state index is 11.8. The van der Waals surface area contributed by atoms with Crippen LogP contribution in [0.2, 0.25) is 0 Å². The molecule has 20 heteroatoms. The van der Waals surface area contributed by atoms with E-state index < -0.39 is 59.4 Å². The minimum absolute atomic E-state index is 0.0772. The number of hydrogen-bond acceptors (Lipinski definition) is 14. The van der Waals surface area contributed by atoms with Crippen molar-refractivity contribution in [1.29, 1.82) is 0 Å². The fourth-order valence-corrected chi connectivity index (χ4v) is 3.73. The van der Waals surface area contributed by atoms with Gasteiger partial charge in [0.15, 0.2) is 0 Å². The molecule has 2 aromatic rings. The van der Waals surface area contributed by atoms with Crippen LogP contribution in [0.5, 0.6) is 5.75 Å². The Morgan fingerprint density at radius 3 is 1.60 bits per heavy atom. The van der Waals surface area contributed by atoms with Gasteiger partial charge in [0.05, 0.1) is 37.5 Å². The SMILES string of the molecule is CC1=NN(c2ccc([N+](=O)[O-])cc2)C(=O)C1[N+](=O)[O-].CN1CCCCC1.O=[N+]([O-])c1cc([N+](=O)[O-])c(O)c([N+](=O)[O-])c1. The molecule has 1 N–H and O–H groups in total. The highest BCUT2D eigenvalue weighted by Gasteiger charge is 2.43. The van der Waals surface area contributed by atoms with E-state index in [1.807, 2.05) is 0 Å². The number of carbonyl (C=O) groups excluding carboxylic acids is 1. The summed E-state index contributed by atoms with van der Waals surface area (Å²) >= 11 is 0. The molecule has 0 bridgehead atoms. The Hall–Kier alpha value is -5.66. The van der Waals surface area contributed by atoms with Gasteiger partial charge in [0.1, 0.15) is 5.71 Å². The number of piperidine rings is 1. The molecule has 1 saturated heterocycles. The highest BCUT2D eigenvalue weighted by molar-refractivity contribution is 6.17. The summed E-state index contributed by atoms with van der Waals surface area (Å²) < 4.78 is 0. The second kappa shape index (κ2) is 14.1. The molecule has 1 fully saturated rings. The fraction of sp³-hybridized carbons (Fsp3) is 0.364. The summed E-state index contributed by atoms with van der Waals surface area (Å²) in [5.74, 6) is -1.99. The van der Waals surface area contributed by atoms with E-state index in [-0.39, 0.29) is 17.1 Å². The van der Waals surface area contributed by atoms with Crippen LogP contribution in [0.1, 0.15) is 26.2 Å². The lowest BCUT2D eigenvalue weighted by Gasteiger charge is -2.20. The molecule has 0 aliphatic carbocycles. The summed E-state index contributed by atoms with van der Waals surface area (Å²) in [5.41, 5.74) is -2.81. The van der Waals surface area contributed by atoms with Gasteiger partial charge in [0.2, 0.25) is 0 Å². The molecule has 2 aliphatic heterocycles. The first-order valence-corrected chi connectivity index (χ1v) is 11.9. The van der Waals surface area contributed by atoms with Gasteiger partial charge in [-0.3, -0.25) is 55.4 Å². The van der Waals surface area contributed by atoms with Crippen LogP contribution in [0, 0.1) is 50.6 Å². The molecule has 2 aromatic carbocycles. The number of nitro groups is 5. The zero-order valence-corrected chi connectivity index (χ0v) is 22.1. The lowest BCUT2D eigenvalue weighted by molar-refractivity contribution is -0.488. The molecule has 2 heterocycles. The molecule has 224 valence electrons. The Bertz CT molecular complexity index is 1390. The number of nitrogens with zero attached hydrogens (tertiary/aromatic N) is 8. The zero-order chi connectivity index (χ0) is 31.7. The number of carbonyl (C=O) groups is 1. The minimum atomic E-state index is -1.49. The number of hydrazone groups is 1. The van der Waals surface area contributed by atoms with E-state index in [9.17, 15) is 55.4 Å². The Morgan fingerprint density at radius 1 is 0.786 bits per heavy atom. The molecule has 2 aliphatic rings. The molecule has 4 rings (SSSR count). The van der Waals surface area contributed by atoms with Crippen molar-refractivity contribution in [2.75, 3.05) is 25.1 Å². The van der Waals surface area contributed by atoms with Gasteiger partial charge in [-0.1, -0.05) is 6.42 Å². The third kappa shape index (κ3) is 8.17. The molecule has 1 amide bonds. The maximum Gasteiger partial charge on any atom is 0.331 e. The molecule has 42 heavy (non-hydrogen) atoms. The first kappa shape index (κ1) is 32.6. The first-order chi connectivity index (χ1) is 19.6. The van der Waals surface area contributed by atoms with Gasteiger partial charge in [-0.25, -0.2) is 0 Å². The summed E-state index contributed by atoms with van der Waals surface area (Å²) in [6.45, 7) is 4.02. The average molecular weight is 592 g/mol. The number of aromatic hydroxyl groups is 1. The molecule has 1 atom stereocenters. The van der Waals surface area contributed by atoms with Crippen LogP contribution in [0.3, 0.4) is 0 Å². The first-order valence-electron chi connectivity index (χ1n) is 11.9. The van der Waals surface area contributed by atoms with Crippen molar-refractivity contribution in [3.63, 3.8) is 0 Å². The molecular weight excluding hydrogens is 568 g/mol. The standard InChI is InChI=1S/C10H8N4O5.C6H3N3O7.C6H13N/c1-6-9(14(18)19)10(15)12(11-6)7-2-4-8(5-3-7)13(16)17;10-6-4(8(13)14)1-3(7(11)12)2-5(6)9(15)16;1-7-5-3-2-4-6-7/h2-5,9H,1H3;1-2,10H;2-6H2,1H3. The molecular formula is C22H24N8O12. The van der Waals surface area contributed by atoms with Gasteiger partial charge in [0, 0.05) is 17.1 Å². The number of phenols is 1. The van der Waals surface area contributed by atoms with Gasteiger partial charge in [-0.2, -0.15) is 10.1 Å². The largest absolute Gasteiger partial charge is 0.497 e. The van der Waals surface area contributed by atoms with Crippen LogP contribution < -0.4 is 5.01 Å². The predicted octanol–water partition coefficient (Wildman–Crippen LogP) is 3.18. The Labute approximate surface area is 235 Å². The van der Waals surface area contributed by atoms with Crippen molar-refractivity contribution in [3.8, 4) is 5.75 Å². The number of phenolic OH excluding ortho intramolecular Hbond substituents is 1. The number of anilines is 1. The Balaban J connectivity index is 0.000000242. The van der Waals surface area contributed by atoms with Gasteiger partial charge in [-0.15, -0.1) is 0 Å². The van der Waals surface area contributed by atoms with Crippen molar-refractivity contribution >= 4 is 40.1 Å². The van der Waals surface area contributed by atoms with Crippen molar-refractivity contribution < 1.29 is 34.5 Å². The van der Waals surface area contributed by atoms with Crippen LogP contribution in [-0.4, -0.2) is 72.4 Å². The van der Waals surface area contributed by atoms with E-state index in [4.69, 9.17) is 5.11 Å². The van der Waals surface area contributed by atoms with Crippen molar-refractivity contribution in [2.24, 2.45) is 5.10 Å². The van der Waals surface area contributed by atoms with Gasteiger partial charge in [0.25, 0.3) is 17.1 Å². The Morgan fingerprint density at radius 2 is 1.26 bits per heavy atom. The van der Waals surface area contributed by atoms with E-state index in [0.717, 1.165) is 5.01 Å². The van der Waals surface area contributed by atoms with E-state index >= 15 is 0 Å². The van der Waals surface area contributed by atoms with Crippen molar-refractivity contribution in [1.82, 2.24) is 4.90 Å². The van der Waals surface area contributed by atoms with Gasteiger partial charge < -0.3 is 10.0 Å². The number of rotatable bonds is 6. The summed E-state index contributed by atoms with van der Waals surface area (Å²) in [5, 5.41) is 66.1. The van der Waals surface area contributed by atoms with Gasteiger partial charge in [-0.05, 0) is 52.0 Å². The highest BCUT2D eigenvalue weighted by atomic mass is 16.6. The zero-order valence-electron chi connectivity index (χ0n) is 22.1. The molecule has 0 aromatic heterocycles. The predicted molar refractivity (Wildman–Crippen MR) is 144 cm³/mol. The molecule has 1 unspecified atom stereocenters. The van der Waals surface area contributed by atoms with E-state index in [1.54, 1.807) is 0 Å². The second-order valence-electron chi connectivity index (χ2n) is 8.82. The monoisotopic (exact) mass is 592 g/mol. The van der Waals surface area contributed by atoms with Gasteiger partial charge >= 0.3 is 23.3 Å². The maximum absolute atomic E-state index is 11.8. The van der Waals surface area contributed by atoms with E-state index in [0.29, 0.717) is 12.1 Å². The number of hydrogen-bond donors (Lipinski definition) is 1. The van der Waals surface area contributed by atoms with Crippen LogP contribution in [-0.2, 0) is 4.79 Å². The van der Waals surface area contributed by atoms with Crippen LogP contribution in [0.15, 0.2) is 41.5 Å². The summed E-state index contributed by atoms with van der Waals surface area (Å²) in [4.78, 5) is 61.9. The molecule has 0 spiro atoms. The third-order valence-corrected chi connectivity index (χ3v) is 5.85. The third-order valence-electron chi connectivity index (χ3n) is 5.85. The quantitative estimate of drug-likeness (QED) is 0.373. The number of nitro benzene ring substituents is 4. The van der Waals surface area contributed by atoms with E-state index in [1.165, 1.54) is 63.5 Å². The molecule has 0 radical (unpaired) electrons. The van der Waals surface area contributed by atoms with Crippen LogP contribution in [0.25, 0.3) is 0 Å². The number of amides is 1. The second-order valence-corrected chi connectivity index (χ2v) is 8.82. The molecule has 20 nitrogen and oxygen atoms in total. The number of likely N-dealkylation sites (tertiary alicyclic amines) is 1. The van der Waals surface area contributed by atoms with E-state index in [2.05, 4.69) is 17.0 Å². The summed E-state index contributed by atoms with van der Waals surface area (Å²) in [6.07, 6.45) is 4.28. The average Bonchev–Trinajstić information content (AvgIpc) is 3.23.